The molecule has 0 unspecified atom stereocenters. The Balaban J connectivity index is 2.10. The predicted octanol–water partition coefficient (Wildman–Crippen LogP) is 4.47. The number of aromatic nitrogens is 3. The number of ketones is 1. The van der Waals surface area contributed by atoms with Gasteiger partial charge in [-0.2, -0.15) is 5.10 Å². The van der Waals surface area contributed by atoms with E-state index in [1.165, 1.54) is 17.3 Å². The summed E-state index contributed by atoms with van der Waals surface area (Å²) in [4.78, 5) is 16.7. The van der Waals surface area contributed by atoms with E-state index in [4.69, 9.17) is 23.2 Å². The van der Waals surface area contributed by atoms with Crippen LogP contribution >= 0.6 is 23.2 Å². The van der Waals surface area contributed by atoms with Crippen LogP contribution in [0.3, 0.4) is 0 Å². The Morgan fingerprint density at radius 2 is 1.87 bits per heavy atom. The molecular weight excluding hydrogens is 333 g/mol. The van der Waals surface area contributed by atoms with Crippen molar-refractivity contribution < 1.29 is 4.79 Å². The zero-order valence-corrected chi connectivity index (χ0v) is 13.4. The van der Waals surface area contributed by atoms with Crippen molar-refractivity contribution in [3.05, 3.63) is 82.4 Å². The van der Waals surface area contributed by atoms with E-state index in [1.807, 2.05) is 18.2 Å². The first kappa shape index (κ1) is 15.5. The van der Waals surface area contributed by atoms with E-state index in [2.05, 4.69) is 10.1 Å². The first-order chi connectivity index (χ1) is 11.1. The number of carbonyl (C=O) groups is 1. The minimum absolute atomic E-state index is 0.179. The summed E-state index contributed by atoms with van der Waals surface area (Å²) in [6.07, 6.45) is 4.51. The molecule has 0 aliphatic heterocycles. The summed E-state index contributed by atoms with van der Waals surface area (Å²) in [5, 5.41) is 5.04. The maximum atomic E-state index is 12.8. The highest BCUT2D eigenvalue weighted by atomic mass is 35.5. The molecule has 3 aromatic rings. The zero-order chi connectivity index (χ0) is 16.2. The van der Waals surface area contributed by atoms with Gasteiger partial charge in [0.2, 0.25) is 5.78 Å². The summed E-state index contributed by atoms with van der Waals surface area (Å²) in [5.74, 6) is -0.179. The molecule has 2 aromatic carbocycles. The van der Waals surface area contributed by atoms with Crippen molar-refractivity contribution in [3.8, 4) is 0 Å². The number of nitrogens with zero attached hydrogens (tertiary/aromatic N) is 3. The largest absolute Gasteiger partial charge is 0.287 e. The van der Waals surface area contributed by atoms with Gasteiger partial charge in [-0.15, -0.1) is 0 Å². The average molecular weight is 344 g/mol. The summed E-state index contributed by atoms with van der Waals surface area (Å²) < 4.78 is 1.42. The minimum atomic E-state index is -0.179. The average Bonchev–Trinajstić information content (AvgIpc) is 3.08. The Labute approximate surface area is 143 Å². The Morgan fingerprint density at radius 3 is 2.52 bits per heavy atom. The number of rotatable bonds is 4. The Bertz CT molecular complexity index is 859. The standard InChI is InChI=1S/C17H11Cl2N3O/c18-14-7-6-13(15(19)9-14)8-16(22-11-20-10-21-22)17(23)12-4-2-1-3-5-12/h1-11H/b16-8+. The monoisotopic (exact) mass is 343 g/mol. The van der Waals surface area contributed by atoms with Crippen LogP contribution in [0, 0.1) is 0 Å². The van der Waals surface area contributed by atoms with Gasteiger partial charge < -0.3 is 0 Å². The van der Waals surface area contributed by atoms with Gasteiger partial charge in [-0.3, -0.25) is 4.79 Å². The van der Waals surface area contributed by atoms with Crippen molar-refractivity contribution in [1.82, 2.24) is 14.8 Å². The molecule has 114 valence electrons. The zero-order valence-electron chi connectivity index (χ0n) is 11.9. The summed E-state index contributed by atoms with van der Waals surface area (Å²) in [6.45, 7) is 0. The highest BCUT2D eigenvalue weighted by molar-refractivity contribution is 6.36. The van der Waals surface area contributed by atoms with Gasteiger partial charge in [0, 0.05) is 15.6 Å². The lowest BCUT2D eigenvalue weighted by atomic mass is 10.1. The second-order valence-corrected chi connectivity index (χ2v) is 5.57. The van der Waals surface area contributed by atoms with Crippen LogP contribution in [0.4, 0.5) is 0 Å². The normalized spacial score (nSPS) is 11.5. The molecule has 1 heterocycles. The lowest BCUT2D eigenvalue weighted by Gasteiger charge is -2.08. The summed E-state index contributed by atoms with van der Waals surface area (Å²) >= 11 is 12.1. The Hall–Kier alpha value is -2.43. The van der Waals surface area contributed by atoms with Gasteiger partial charge in [0.15, 0.2) is 0 Å². The fourth-order valence-electron chi connectivity index (χ4n) is 2.07. The number of benzene rings is 2. The highest BCUT2D eigenvalue weighted by Crippen LogP contribution is 2.25. The lowest BCUT2D eigenvalue weighted by Crippen LogP contribution is -2.10. The summed E-state index contributed by atoms with van der Waals surface area (Å²) in [5.41, 5.74) is 1.57. The second kappa shape index (κ2) is 6.77. The van der Waals surface area contributed by atoms with E-state index in [0.717, 1.165) is 0 Å². The van der Waals surface area contributed by atoms with Crippen LogP contribution in [0.5, 0.6) is 0 Å². The number of carbonyl (C=O) groups excluding carboxylic acids is 1. The smallest absolute Gasteiger partial charge is 0.211 e. The third kappa shape index (κ3) is 3.50. The molecule has 1 aromatic heterocycles. The van der Waals surface area contributed by atoms with Crippen molar-refractivity contribution in [1.29, 1.82) is 0 Å². The molecule has 6 heteroatoms. The van der Waals surface area contributed by atoms with Crippen LogP contribution < -0.4 is 0 Å². The van der Waals surface area contributed by atoms with Crippen LogP contribution in [0.2, 0.25) is 10.0 Å². The van der Waals surface area contributed by atoms with E-state index < -0.39 is 0 Å². The van der Waals surface area contributed by atoms with E-state index in [9.17, 15) is 4.79 Å². The maximum Gasteiger partial charge on any atom is 0.211 e. The quantitative estimate of drug-likeness (QED) is 0.518. The SMILES string of the molecule is O=C(/C(=C\c1ccc(Cl)cc1Cl)n1cncn1)c1ccccc1. The van der Waals surface area contributed by atoms with Crippen LogP contribution in [-0.2, 0) is 0 Å². The Kier molecular flexibility index (Phi) is 4.55. The second-order valence-electron chi connectivity index (χ2n) is 4.73. The van der Waals surface area contributed by atoms with Crippen molar-refractivity contribution in [2.75, 3.05) is 0 Å². The number of allylic oxidation sites excluding steroid dienone is 1. The molecule has 0 aliphatic rings. The molecule has 0 amide bonds. The lowest BCUT2D eigenvalue weighted by molar-refractivity contribution is 0.105. The van der Waals surface area contributed by atoms with Gasteiger partial charge in [0.1, 0.15) is 18.4 Å². The molecule has 0 N–H and O–H groups in total. The van der Waals surface area contributed by atoms with Crippen LogP contribution in [-0.4, -0.2) is 20.5 Å². The molecule has 3 rings (SSSR count). The molecule has 0 bridgehead atoms. The topological polar surface area (TPSA) is 47.8 Å². The number of hydrogen-bond acceptors (Lipinski definition) is 3. The van der Waals surface area contributed by atoms with E-state index in [1.54, 1.807) is 36.4 Å². The molecule has 0 saturated carbocycles. The van der Waals surface area contributed by atoms with Gasteiger partial charge in [-0.1, -0.05) is 59.6 Å². The van der Waals surface area contributed by atoms with Gasteiger partial charge in [0.05, 0.1) is 0 Å². The summed E-state index contributed by atoms with van der Waals surface area (Å²) in [7, 11) is 0. The molecule has 0 radical (unpaired) electrons. The minimum Gasteiger partial charge on any atom is -0.287 e. The molecule has 4 nitrogen and oxygen atoms in total. The van der Waals surface area contributed by atoms with Crippen molar-refractivity contribution >= 4 is 40.8 Å². The molecule has 0 spiro atoms. The number of hydrogen-bond donors (Lipinski definition) is 0. The molecule has 23 heavy (non-hydrogen) atoms. The number of Topliss-reactive ketones (excluding diaryl/α,β-unsaturated/α-hetero) is 1. The first-order valence-corrected chi connectivity index (χ1v) is 7.52. The first-order valence-electron chi connectivity index (χ1n) is 6.76. The van der Waals surface area contributed by atoms with Gasteiger partial charge in [-0.05, 0) is 23.8 Å². The maximum absolute atomic E-state index is 12.8. The highest BCUT2D eigenvalue weighted by Gasteiger charge is 2.15. The number of halogens is 2. The van der Waals surface area contributed by atoms with Crippen molar-refractivity contribution in [2.45, 2.75) is 0 Å². The third-order valence-electron chi connectivity index (χ3n) is 3.19. The molecule has 0 atom stereocenters. The summed E-state index contributed by atoms with van der Waals surface area (Å²) in [6, 6.07) is 14.0. The van der Waals surface area contributed by atoms with E-state index >= 15 is 0 Å². The Morgan fingerprint density at radius 1 is 1.09 bits per heavy atom. The van der Waals surface area contributed by atoms with Crippen LogP contribution in [0.25, 0.3) is 11.8 Å². The van der Waals surface area contributed by atoms with E-state index in [0.29, 0.717) is 26.9 Å². The van der Waals surface area contributed by atoms with Crippen LogP contribution in [0.15, 0.2) is 61.2 Å². The fourth-order valence-corrected chi connectivity index (χ4v) is 2.53. The fraction of sp³-hybridized carbons (Fsp3) is 0. The molecule has 0 saturated heterocycles. The molecule has 0 fully saturated rings. The van der Waals surface area contributed by atoms with Gasteiger partial charge >= 0.3 is 0 Å². The van der Waals surface area contributed by atoms with Gasteiger partial charge in [-0.25, -0.2) is 9.67 Å². The van der Waals surface area contributed by atoms with Crippen LogP contribution in [0.1, 0.15) is 15.9 Å². The van der Waals surface area contributed by atoms with Gasteiger partial charge in [0.25, 0.3) is 0 Å². The molecule has 0 aliphatic carbocycles. The predicted molar refractivity (Wildman–Crippen MR) is 91.4 cm³/mol. The van der Waals surface area contributed by atoms with Crippen molar-refractivity contribution in [2.24, 2.45) is 0 Å². The van der Waals surface area contributed by atoms with E-state index in [-0.39, 0.29) is 5.78 Å². The molecular formula is C17H11Cl2N3O. The van der Waals surface area contributed by atoms with Crippen molar-refractivity contribution in [3.63, 3.8) is 0 Å². The third-order valence-corrected chi connectivity index (χ3v) is 3.75.